The number of hydrogen-bond acceptors (Lipinski definition) is 6. The van der Waals surface area contributed by atoms with Gasteiger partial charge >= 0.3 is 5.22 Å². The third-order valence-corrected chi connectivity index (χ3v) is 4.48. The summed E-state index contributed by atoms with van der Waals surface area (Å²) in [5, 5.41) is 9.19. The first-order valence-electron chi connectivity index (χ1n) is 7.16. The fourth-order valence-electron chi connectivity index (χ4n) is 1.72. The summed E-state index contributed by atoms with van der Waals surface area (Å²) < 4.78 is 42.4. The van der Waals surface area contributed by atoms with E-state index in [0.29, 0.717) is 5.56 Å². The first-order chi connectivity index (χ1) is 11.1. The molecule has 1 heterocycles. The number of hydrogen-bond donors (Lipinski definition) is 1. The quantitative estimate of drug-likeness (QED) is 0.878. The first kappa shape index (κ1) is 18.1. The highest BCUT2D eigenvalue weighted by Gasteiger charge is 2.25. The van der Waals surface area contributed by atoms with Crippen LogP contribution in [0.2, 0.25) is 0 Å². The van der Waals surface area contributed by atoms with E-state index in [4.69, 9.17) is 4.42 Å². The Labute approximate surface area is 139 Å². The average molecular weight is 355 g/mol. The van der Waals surface area contributed by atoms with Gasteiger partial charge in [0.25, 0.3) is 0 Å². The van der Waals surface area contributed by atoms with Crippen molar-refractivity contribution in [2.75, 3.05) is 0 Å². The van der Waals surface area contributed by atoms with Crippen molar-refractivity contribution in [2.45, 2.75) is 38.3 Å². The predicted octanol–water partition coefficient (Wildman–Crippen LogP) is 1.84. The van der Waals surface area contributed by atoms with Gasteiger partial charge in [0.05, 0.1) is 12.3 Å². The number of carbonyl (C=O) groups excluding carboxylic acids is 1. The number of rotatable bonds is 5. The molecule has 9 heteroatoms. The molecule has 0 radical (unpaired) electrons. The number of carbonyl (C=O) groups is 1. The van der Waals surface area contributed by atoms with Crippen LogP contribution in [-0.4, -0.2) is 24.5 Å². The first-order valence-corrected chi connectivity index (χ1v) is 8.81. The van der Waals surface area contributed by atoms with Gasteiger partial charge in [-0.15, -0.1) is 5.10 Å². The summed E-state index contributed by atoms with van der Waals surface area (Å²) >= 11 is 0. The number of benzene rings is 1. The molecule has 0 saturated heterocycles. The Morgan fingerprint density at radius 2 is 1.83 bits per heavy atom. The van der Waals surface area contributed by atoms with Crippen LogP contribution < -0.4 is 5.32 Å². The molecule has 0 aliphatic carbocycles. The molecule has 2 rings (SSSR count). The van der Waals surface area contributed by atoms with Gasteiger partial charge in [-0.1, -0.05) is 38.0 Å². The third kappa shape index (κ3) is 4.60. The smallest absolute Gasteiger partial charge is 0.335 e. The summed E-state index contributed by atoms with van der Waals surface area (Å²) in [7, 11) is -3.85. The number of aromatic nitrogens is 2. The molecule has 2 aromatic rings. The van der Waals surface area contributed by atoms with Crippen LogP contribution in [0.1, 0.15) is 32.2 Å². The normalized spacial score (nSPS) is 12.2. The molecule has 1 N–H and O–H groups in total. The van der Waals surface area contributed by atoms with Crippen LogP contribution in [0, 0.1) is 11.2 Å². The molecule has 1 aromatic carbocycles. The van der Waals surface area contributed by atoms with Gasteiger partial charge < -0.3 is 9.73 Å². The Morgan fingerprint density at radius 1 is 1.21 bits per heavy atom. The summed E-state index contributed by atoms with van der Waals surface area (Å²) in [5.74, 6) is -1.07. The lowest BCUT2D eigenvalue weighted by atomic mass is 9.96. The van der Waals surface area contributed by atoms with Crippen LogP contribution in [0.5, 0.6) is 0 Å². The van der Waals surface area contributed by atoms with Crippen molar-refractivity contribution in [3.63, 3.8) is 0 Å². The van der Waals surface area contributed by atoms with Gasteiger partial charge in [-0.25, -0.2) is 12.8 Å². The second-order valence-corrected chi connectivity index (χ2v) is 8.15. The van der Waals surface area contributed by atoms with Gasteiger partial charge in [0, 0.05) is 5.41 Å². The van der Waals surface area contributed by atoms with Crippen LogP contribution in [0.25, 0.3) is 0 Å². The van der Waals surface area contributed by atoms with Crippen molar-refractivity contribution >= 4 is 15.7 Å². The van der Waals surface area contributed by atoms with Crippen LogP contribution in [0.15, 0.2) is 33.9 Å². The van der Waals surface area contributed by atoms with E-state index in [-0.39, 0.29) is 24.1 Å². The second-order valence-electron chi connectivity index (χ2n) is 6.28. The SMILES string of the molecule is CC(C)(C)C(=O)NCc1nnc(S(=O)(=O)Cc2ccc(F)cc2)o1. The lowest BCUT2D eigenvalue weighted by Crippen LogP contribution is -2.34. The Morgan fingerprint density at radius 3 is 2.42 bits per heavy atom. The van der Waals surface area contributed by atoms with Gasteiger partial charge in [-0.05, 0) is 17.7 Å². The summed E-state index contributed by atoms with van der Waals surface area (Å²) in [6.07, 6.45) is 0. The molecule has 0 aliphatic rings. The molecule has 0 atom stereocenters. The highest BCUT2D eigenvalue weighted by molar-refractivity contribution is 7.90. The molecule has 24 heavy (non-hydrogen) atoms. The monoisotopic (exact) mass is 355 g/mol. The zero-order valence-corrected chi connectivity index (χ0v) is 14.4. The van der Waals surface area contributed by atoms with Gasteiger partial charge in [0.2, 0.25) is 21.6 Å². The van der Waals surface area contributed by atoms with Gasteiger partial charge in [-0.2, -0.15) is 0 Å². The molecular formula is C15H18FN3O4S. The number of halogens is 1. The van der Waals surface area contributed by atoms with Gasteiger partial charge in [-0.3, -0.25) is 4.79 Å². The summed E-state index contributed by atoms with van der Waals surface area (Å²) in [4.78, 5) is 11.8. The number of nitrogens with one attached hydrogen (secondary N) is 1. The fourth-order valence-corrected chi connectivity index (χ4v) is 2.86. The summed E-state index contributed by atoms with van der Waals surface area (Å²) in [6.45, 7) is 5.17. The molecule has 7 nitrogen and oxygen atoms in total. The van der Waals surface area contributed by atoms with Crippen molar-refractivity contribution in [1.82, 2.24) is 15.5 Å². The van der Waals surface area contributed by atoms with Gasteiger partial charge in [0.1, 0.15) is 5.82 Å². The highest BCUT2D eigenvalue weighted by Crippen LogP contribution is 2.16. The minimum atomic E-state index is -3.85. The standard InChI is InChI=1S/C15H18FN3O4S/c1-15(2,3)13(20)17-8-12-18-19-14(23-12)24(21,22)9-10-4-6-11(16)7-5-10/h4-7H,8-9H2,1-3H3,(H,17,20). The fraction of sp³-hybridized carbons (Fsp3) is 0.400. The molecule has 1 aromatic heterocycles. The van der Waals surface area contributed by atoms with Crippen LogP contribution in [-0.2, 0) is 26.9 Å². The lowest BCUT2D eigenvalue weighted by molar-refractivity contribution is -0.128. The van der Waals surface area contributed by atoms with E-state index < -0.39 is 26.3 Å². The zero-order valence-electron chi connectivity index (χ0n) is 13.5. The van der Waals surface area contributed by atoms with E-state index in [0.717, 1.165) is 0 Å². The number of nitrogens with zero attached hydrogens (tertiary/aromatic N) is 2. The molecule has 0 aliphatic heterocycles. The van der Waals surface area contributed by atoms with Crippen LogP contribution >= 0.6 is 0 Å². The van der Waals surface area contributed by atoms with Crippen LogP contribution in [0.3, 0.4) is 0 Å². The molecule has 0 unspecified atom stereocenters. The largest absolute Gasteiger partial charge is 0.411 e. The van der Waals surface area contributed by atoms with E-state index in [9.17, 15) is 17.6 Å². The Balaban J connectivity index is 2.06. The maximum absolute atomic E-state index is 12.9. The van der Waals surface area contributed by atoms with E-state index in [1.54, 1.807) is 20.8 Å². The third-order valence-electron chi connectivity index (χ3n) is 3.07. The highest BCUT2D eigenvalue weighted by atomic mass is 32.2. The Hall–Kier alpha value is -2.29. The van der Waals surface area contributed by atoms with E-state index in [1.807, 2.05) is 0 Å². The van der Waals surface area contributed by atoms with Crippen molar-refractivity contribution in [3.05, 3.63) is 41.5 Å². The molecule has 130 valence electrons. The topological polar surface area (TPSA) is 102 Å². The maximum Gasteiger partial charge on any atom is 0.335 e. The molecule has 1 amide bonds. The minimum Gasteiger partial charge on any atom is -0.411 e. The van der Waals surface area contributed by atoms with Crippen LogP contribution in [0.4, 0.5) is 4.39 Å². The van der Waals surface area contributed by atoms with Crippen molar-refractivity contribution in [2.24, 2.45) is 5.41 Å². The van der Waals surface area contributed by atoms with E-state index in [2.05, 4.69) is 15.5 Å². The molecule has 0 spiro atoms. The summed E-state index contributed by atoms with van der Waals surface area (Å²) in [6, 6.07) is 5.08. The minimum absolute atomic E-state index is 0.00900. The predicted molar refractivity (Wildman–Crippen MR) is 82.9 cm³/mol. The Bertz CT molecular complexity index is 823. The molecule has 0 saturated carbocycles. The van der Waals surface area contributed by atoms with Crippen molar-refractivity contribution in [1.29, 1.82) is 0 Å². The molecular weight excluding hydrogens is 337 g/mol. The summed E-state index contributed by atoms with van der Waals surface area (Å²) in [5.41, 5.74) is -0.186. The average Bonchev–Trinajstić information content (AvgIpc) is 2.96. The number of sulfone groups is 1. The zero-order chi connectivity index (χ0) is 18.0. The van der Waals surface area contributed by atoms with E-state index in [1.165, 1.54) is 24.3 Å². The molecule has 0 fully saturated rings. The molecule has 0 bridgehead atoms. The van der Waals surface area contributed by atoms with E-state index >= 15 is 0 Å². The van der Waals surface area contributed by atoms with Crippen molar-refractivity contribution in [3.8, 4) is 0 Å². The van der Waals surface area contributed by atoms with Crippen molar-refractivity contribution < 1.29 is 22.0 Å². The maximum atomic E-state index is 12.9. The Kier molecular flexibility index (Phi) is 5.02. The second kappa shape index (κ2) is 6.68. The van der Waals surface area contributed by atoms with Gasteiger partial charge in [0.15, 0.2) is 0 Å². The number of amides is 1. The lowest BCUT2D eigenvalue weighted by Gasteiger charge is -2.16.